The lowest BCUT2D eigenvalue weighted by molar-refractivity contribution is -0.161. The van der Waals surface area contributed by atoms with Gasteiger partial charge in [-0.15, -0.1) is 0 Å². The maximum atomic E-state index is 16.1. The van der Waals surface area contributed by atoms with Gasteiger partial charge in [-0.2, -0.15) is 0 Å². The highest BCUT2D eigenvalue weighted by atomic mass is 19.1. The standard InChI is InChI=1S/C43H48F3N5O7/c1-27(57-28(2)52)40(53)51(23-31-20-50(24-36(31)46)42(55)58-43(3,4)5)38(32-21-49(22-32)41(54)56-26-30-14-10-7-11-15-30)39-47-37(34-18-33(44)16-17-35(34)45)25-48(39)19-29-12-8-6-9-13-29/h6-18,25,27,31-32,36,38H,19-24,26H2,1-5H3. The highest BCUT2D eigenvalue weighted by molar-refractivity contribution is 5.83. The Morgan fingerprint density at radius 1 is 0.879 bits per heavy atom. The number of hydrogen-bond acceptors (Lipinski definition) is 8. The quantitative estimate of drug-likeness (QED) is 0.109. The number of alkyl halides is 1. The van der Waals surface area contributed by atoms with Crippen LogP contribution >= 0.6 is 0 Å². The minimum Gasteiger partial charge on any atom is -0.453 e. The Balaban J connectivity index is 1.42. The zero-order valence-electron chi connectivity index (χ0n) is 33.1. The molecule has 1 aromatic heterocycles. The molecule has 58 heavy (non-hydrogen) atoms. The molecule has 6 rings (SSSR count). The first-order chi connectivity index (χ1) is 27.6. The van der Waals surface area contributed by atoms with Crippen LogP contribution in [0.25, 0.3) is 11.3 Å². The molecule has 0 spiro atoms. The number of esters is 1. The monoisotopic (exact) mass is 803 g/mol. The summed E-state index contributed by atoms with van der Waals surface area (Å²) in [5.74, 6) is -4.02. The molecule has 0 N–H and O–H groups in total. The molecule has 0 radical (unpaired) electrons. The van der Waals surface area contributed by atoms with Gasteiger partial charge in [0.25, 0.3) is 5.91 Å². The highest BCUT2D eigenvalue weighted by Crippen LogP contribution is 2.39. The van der Waals surface area contributed by atoms with E-state index in [1.165, 1.54) is 21.6 Å². The van der Waals surface area contributed by atoms with E-state index in [1.807, 2.05) is 60.7 Å². The van der Waals surface area contributed by atoms with Gasteiger partial charge in [0, 0.05) is 63.2 Å². The van der Waals surface area contributed by atoms with Crippen LogP contribution in [-0.2, 0) is 37.0 Å². The third-order valence-electron chi connectivity index (χ3n) is 10.0. The Kier molecular flexibility index (Phi) is 12.8. The second kappa shape index (κ2) is 17.7. The van der Waals surface area contributed by atoms with E-state index in [2.05, 4.69) is 0 Å². The molecule has 3 amide bonds. The third kappa shape index (κ3) is 10.2. The summed E-state index contributed by atoms with van der Waals surface area (Å²) in [7, 11) is 0. The van der Waals surface area contributed by atoms with Crippen LogP contribution in [0.3, 0.4) is 0 Å². The van der Waals surface area contributed by atoms with E-state index in [4.69, 9.17) is 19.2 Å². The van der Waals surface area contributed by atoms with E-state index in [9.17, 15) is 23.6 Å². The topological polar surface area (TPSA) is 124 Å². The Hall–Kier alpha value is -5.86. The second-order valence-corrected chi connectivity index (χ2v) is 15.8. The van der Waals surface area contributed by atoms with Crippen LogP contribution in [0.1, 0.15) is 57.6 Å². The van der Waals surface area contributed by atoms with E-state index in [-0.39, 0.29) is 63.0 Å². The van der Waals surface area contributed by atoms with E-state index in [1.54, 1.807) is 31.5 Å². The predicted molar refractivity (Wildman–Crippen MR) is 207 cm³/mol. The molecular formula is C43H48F3N5O7. The molecule has 2 aliphatic heterocycles. The number of imidazole rings is 1. The van der Waals surface area contributed by atoms with Crippen molar-refractivity contribution in [1.29, 1.82) is 0 Å². The summed E-state index contributed by atoms with van der Waals surface area (Å²) in [6.07, 6.45) is -2.63. The minimum atomic E-state index is -1.57. The molecule has 308 valence electrons. The smallest absolute Gasteiger partial charge is 0.410 e. The average Bonchev–Trinajstić information content (AvgIpc) is 3.74. The number of halogens is 3. The van der Waals surface area contributed by atoms with Crippen molar-refractivity contribution in [3.63, 3.8) is 0 Å². The van der Waals surface area contributed by atoms with Crippen molar-refractivity contribution in [3.8, 4) is 11.3 Å². The average molecular weight is 804 g/mol. The van der Waals surface area contributed by atoms with Crippen LogP contribution in [0.2, 0.25) is 0 Å². The van der Waals surface area contributed by atoms with E-state index in [0.29, 0.717) is 0 Å². The molecule has 12 nitrogen and oxygen atoms in total. The molecule has 4 unspecified atom stereocenters. The summed E-state index contributed by atoms with van der Waals surface area (Å²) in [6.45, 7) is 7.44. The molecule has 0 saturated carbocycles. The fourth-order valence-corrected chi connectivity index (χ4v) is 7.28. The Bertz CT molecular complexity index is 2090. The minimum absolute atomic E-state index is 0.0343. The SMILES string of the molecule is CC(=O)OC(C)C(=O)N(CC1CN(C(=O)OC(C)(C)C)CC1F)C(c1nc(-c2cc(F)ccc2F)cn1Cc1ccccc1)C1CN(C(=O)OCc2ccccc2)C1. The normalized spacial score (nSPS) is 17.9. The number of hydrogen-bond donors (Lipinski definition) is 0. The summed E-state index contributed by atoms with van der Waals surface area (Å²) in [6, 6.07) is 20.4. The lowest BCUT2D eigenvalue weighted by Crippen LogP contribution is -2.58. The first kappa shape index (κ1) is 41.8. The van der Waals surface area contributed by atoms with Crippen molar-refractivity contribution >= 4 is 24.1 Å². The number of benzene rings is 3. The molecule has 2 aliphatic rings. The van der Waals surface area contributed by atoms with Gasteiger partial charge in [-0.3, -0.25) is 9.59 Å². The van der Waals surface area contributed by atoms with Crippen LogP contribution in [0.15, 0.2) is 85.1 Å². The largest absolute Gasteiger partial charge is 0.453 e. The third-order valence-corrected chi connectivity index (χ3v) is 10.0. The molecular weight excluding hydrogens is 755 g/mol. The van der Waals surface area contributed by atoms with E-state index in [0.717, 1.165) is 36.2 Å². The van der Waals surface area contributed by atoms with Crippen LogP contribution < -0.4 is 0 Å². The fraction of sp³-hybridized carbons (Fsp3) is 0.419. The van der Waals surface area contributed by atoms with Gasteiger partial charge in [0.15, 0.2) is 6.10 Å². The number of aromatic nitrogens is 2. The molecule has 0 aliphatic carbocycles. The molecule has 15 heteroatoms. The van der Waals surface area contributed by atoms with Crippen molar-refractivity contribution in [3.05, 3.63) is 114 Å². The molecule has 3 aromatic carbocycles. The predicted octanol–water partition coefficient (Wildman–Crippen LogP) is 7.17. The lowest BCUT2D eigenvalue weighted by atomic mass is 9.88. The van der Waals surface area contributed by atoms with Crippen LogP contribution in [-0.4, -0.2) is 98.9 Å². The van der Waals surface area contributed by atoms with Gasteiger partial charge < -0.3 is 33.5 Å². The lowest BCUT2D eigenvalue weighted by Gasteiger charge is -2.47. The van der Waals surface area contributed by atoms with Crippen molar-refractivity contribution in [2.75, 3.05) is 32.7 Å². The molecule has 3 heterocycles. The molecule has 0 bridgehead atoms. The van der Waals surface area contributed by atoms with Crippen LogP contribution in [0.5, 0.6) is 0 Å². The second-order valence-electron chi connectivity index (χ2n) is 15.8. The maximum absolute atomic E-state index is 16.1. The first-order valence-corrected chi connectivity index (χ1v) is 19.2. The van der Waals surface area contributed by atoms with Gasteiger partial charge in [-0.1, -0.05) is 60.7 Å². The van der Waals surface area contributed by atoms with E-state index < -0.39 is 71.5 Å². The van der Waals surface area contributed by atoms with Crippen molar-refractivity contribution in [2.45, 2.75) is 71.7 Å². The Morgan fingerprint density at radius 3 is 2.16 bits per heavy atom. The number of amides is 3. The van der Waals surface area contributed by atoms with Crippen LogP contribution in [0.4, 0.5) is 22.8 Å². The zero-order chi connectivity index (χ0) is 41.7. The van der Waals surface area contributed by atoms with Crippen molar-refractivity contribution in [2.24, 2.45) is 11.8 Å². The van der Waals surface area contributed by atoms with Gasteiger partial charge in [0.1, 0.15) is 35.8 Å². The first-order valence-electron chi connectivity index (χ1n) is 19.2. The number of carbonyl (C=O) groups is 4. The van der Waals surface area contributed by atoms with Gasteiger partial charge in [-0.25, -0.2) is 27.7 Å². The van der Waals surface area contributed by atoms with Gasteiger partial charge in [-0.05, 0) is 57.0 Å². The van der Waals surface area contributed by atoms with Crippen molar-refractivity contribution in [1.82, 2.24) is 24.3 Å². The Labute approximate surface area is 335 Å². The number of likely N-dealkylation sites (tertiary alicyclic amines) is 2. The number of nitrogens with zero attached hydrogens (tertiary/aromatic N) is 5. The molecule has 4 atom stereocenters. The van der Waals surface area contributed by atoms with Crippen LogP contribution in [0, 0.1) is 23.5 Å². The van der Waals surface area contributed by atoms with Gasteiger partial charge in [0.2, 0.25) is 0 Å². The highest BCUT2D eigenvalue weighted by Gasteiger charge is 2.48. The summed E-state index contributed by atoms with van der Waals surface area (Å²) in [5, 5.41) is 0. The molecule has 2 saturated heterocycles. The molecule has 2 fully saturated rings. The van der Waals surface area contributed by atoms with E-state index >= 15 is 8.78 Å². The number of ether oxygens (including phenoxy) is 3. The fourth-order valence-electron chi connectivity index (χ4n) is 7.28. The summed E-state index contributed by atoms with van der Waals surface area (Å²) < 4.78 is 64.2. The molecule has 4 aromatic rings. The van der Waals surface area contributed by atoms with Gasteiger partial charge >= 0.3 is 18.2 Å². The number of carbonyl (C=O) groups excluding carboxylic acids is 4. The maximum Gasteiger partial charge on any atom is 0.410 e. The summed E-state index contributed by atoms with van der Waals surface area (Å²) >= 11 is 0. The van der Waals surface area contributed by atoms with Crippen molar-refractivity contribution < 1.29 is 46.6 Å². The Morgan fingerprint density at radius 2 is 1.52 bits per heavy atom. The summed E-state index contributed by atoms with van der Waals surface area (Å²) in [5.41, 5.74) is 0.738. The van der Waals surface area contributed by atoms with Gasteiger partial charge in [0.05, 0.1) is 18.3 Å². The zero-order valence-corrected chi connectivity index (χ0v) is 33.1. The summed E-state index contributed by atoms with van der Waals surface area (Å²) in [4.78, 5) is 62.1. The number of rotatable bonds is 12.